The first-order chi connectivity index (χ1) is 15.5. The maximum atomic E-state index is 13.0. The summed E-state index contributed by atoms with van der Waals surface area (Å²) >= 11 is 0. The summed E-state index contributed by atoms with van der Waals surface area (Å²) < 4.78 is 18.1. The van der Waals surface area contributed by atoms with Gasteiger partial charge >= 0.3 is 0 Å². The van der Waals surface area contributed by atoms with Crippen LogP contribution in [-0.2, 0) is 16.3 Å². The van der Waals surface area contributed by atoms with Gasteiger partial charge in [-0.05, 0) is 61.7 Å². The number of ether oxygens (including phenoxy) is 1. The summed E-state index contributed by atoms with van der Waals surface area (Å²) in [6.07, 6.45) is 6.73. The predicted octanol–water partition coefficient (Wildman–Crippen LogP) is 4.55. The standard InChI is InChI=1S/C26H33N3O2S/c1-26(20-27,29-18-16-28(17-19-29)22-6-4-3-5-7-22)21-8-12-24(13-9-21)32(30)25-14-10-23(31-2)11-15-25/h8-15,22H,3-7,16-19H2,1-2H3. The second-order valence-corrected chi connectivity index (χ2v) is 10.4. The second-order valence-electron chi connectivity index (χ2n) is 8.97. The van der Waals surface area contributed by atoms with E-state index >= 15 is 0 Å². The lowest BCUT2D eigenvalue weighted by Crippen LogP contribution is -2.56. The molecule has 2 fully saturated rings. The molecule has 1 heterocycles. The van der Waals surface area contributed by atoms with E-state index < -0.39 is 16.3 Å². The Morgan fingerprint density at radius 1 is 0.938 bits per heavy atom. The summed E-state index contributed by atoms with van der Waals surface area (Å²) in [6.45, 7) is 5.88. The van der Waals surface area contributed by atoms with Crippen molar-refractivity contribution in [3.8, 4) is 11.8 Å². The van der Waals surface area contributed by atoms with E-state index in [1.807, 2.05) is 55.5 Å². The fraction of sp³-hybridized carbons (Fsp3) is 0.500. The Labute approximate surface area is 194 Å². The average Bonchev–Trinajstić information content (AvgIpc) is 2.88. The molecule has 4 rings (SSSR count). The van der Waals surface area contributed by atoms with Crippen LogP contribution in [0.2, 0.25) is 0 Å². The molecule has 1 aliphatic heterocycles. The van der Waals surface area contributed by atoms with Gasteiger partial charge in [0, 0.05) is 42.0 Å². The molecule has 2 unspecified atom stereocenters. The third-order valence-electron chi connectivity index (χ3n) is 7.16. The smallest absolute Gasteiger partial charge is 0.132 e. The predicted molar refractivity (Wildman–Crippen MR) is 127 cm³/mol. The molecule has 2 aromatic carbocycles. The molecule has 0 N–H and O–H groups in total. The molecule has 0 spiro atoms. The first kappa shape index (κ1) is 23.0. The van der Waals surface area contributed by atoms with Crippen molar-refractivity contribution in [1.29, 1.82) is 5.26 Å². The van der Waals surface area contributed by atoms with Gasteiger partial charge in [-0.25, -0.2) is 4.21 Å². The molecule has 0 amide bonds. The van der Waals surface area contributed by atoms with Gasteiger partial charge in [0.05, 0.1) is 24.0 Å². The fourth-order valence-electron chi connectivity index (χ4n) is 5.04. The van der Waals surface area contributed by atoms with E-state index in [-0.39, 0.29) is 0 Å². The van der Waals surface area contributed by atoms with Crippen LogP contribution < -0.4 is 4.74 Å². The normalized spacial score (nSPS) is 21.4. The minimum absolute atomic E-state index is 0.682. The number of nitrogens with zero attached hydrogens (tertiary/aromatic N) is 3. The van der Waals surface area contributed by atoms with E-state index in [1.165, 1.54) is 32.1 Å². The number of hydrogen-bond donors (Lipinski definition) is 0. The molecule has 0 radical (unpaired) electrons. The van der Waals surface area contributed by atoms with Gasteiger partial charge in [0.25, 0.3) is 0 Å². The second kappa shape index (κ2) is 10.2. The Balaban J connectivity index is 1.44. The number of hydrogen-bond acceptors (Lipinski definition) is 5. The van der Waals surface area contributed by atoms with Crippen LogP contribution in [0, 0.1) is 11.3 Å². The molecule has 2 aromatic rings. The molecular formula is C26H33N3O2S. The zero-order valence-electron chi connectivity index (χ0n) is 19.1. The average molecular weight is 452 g/mol. The van der Waals surface area contributed by atoms with E-state index in [0.29, 0.717) is 0 Å². The highest BCUT2D eigenvalue weighted by molar-refractivity contribution is 7.85. The fourth-order valence-corrected chi connectivity index (χ4v) is 6.08. The van der Waals surface area contributed by atoms with Crippen LogP contribution in [0.5, 0.6) is 5.75 Å². The number of piperazine rings is 1. The van der Waals surface area contributed by atoms with Crippen molar-refractivity contribution in [2.24, 2.45) is 0 Å². The van der Waals surface area contributed by atoms with Crippen molar-refractivity contribution in [3.63, 3.8) is 0 Å². The Bertz CT molecular complexity index is 956. The van der Waals surface area contributed by atoms with Gasteiger partial charge in [0.2, 0.25) is 0 Å². The molecule has 1 saturated carbocycles. The van der Waals surface area contributed by atoms with E-state index in [4.69, 9.17) is 4.74 Å². The molecule has 2 aliphatic rings. The van der Waals surface area contributed by atoms with Gasteiger partial charge in [-0.1, -0.05) is 31.4 Å². The number of benzene rings is 2. The summed E-state index contributed by atoms with van der Waals surface area (Å²) in [5.74, 6) is 0.745. The van der Waals surface area contributed by atoms with E-state index in [1.54, 1.807) is 7.11 Å². The van der Waals surface area contributed by atoms with Gasteiger partial charge < -0.3 is 4.74 Å². The number of rotatable bonds is 6. The largest absolute Gasteiger partial charge is 0.497 e. The summed E-state index contributed by atoms with van der Waals surface area (Å²) in [4.78, 5) is 6.41. The molecule has 1 aliphatic carbocycles. The van der Waals surface area contributed by atoms with Crippen molar-refractivity contribution in [2.45, 2.75) is 60.4 Å². The molecule has 2 atom stereocenters. The molecule has 170 valence electrons. The van der Waals surface area contributed by atoms with E-state index in [9.17, 15) is 9.47 Å². The first-order valence-electron chi connectivity index (χ1n) is 11.6. The van der Waals surface area contributed by atoms with Crippen molar-refractivity contribution >= 4 is 10.8 Å². The SMILES string of the molecule is COc1ccc(S(=O)c2ccc(C(C)(C#N)N3CCN(C4CCCCC4)CC3)cc2)cc1. The van der Waals surface area contributed by atoms with Crippen LogP contribution in [-0.4, -0.2) is 53.3 Å². The lowest BCUT2D eigenvalue weighted by Gasteiger charge is -2.45. The highest BCUT2D eigenvalue weighted by atomic mass is 32.2. The third-order valence-corrected chi connectivity index (χ3v) is 8.56. The van der Waals surface area contributed by atoms with Crippen LogP contribution in [0.3, 0.4) is 0 Å². The van der Waals surface area contributed by atoms with Gasteiger partial charge in [0.1, 0.15) is 11.3 Å². The molecule has 6 heteroatoms. The Morgan fingerprint density at radius 2 is 1.50 bits per heavy atom. The van der Waals surface area contributed by atoms with Gasteiger partial charge in [-0.3, -0.25) is 9.80 Å². The van der Waals surface area contributed by atoms with E-state index in [0.717, 1.165) is 53.3 Å². The highest BCUT2D eigenvalue weighted by Gasteiger charge is 2.37. The molecule has 1 saturated heterocycles. The molecule has 0 bridgehead atoms. The van der Waals surface area contributed by atoms with Crippen LogP contribution in [0.1, 0.15) is 44.6 Å². The van der Waals surface area contributed by atoms with Crippen LogP contribution in [0.4, 0.5) is 0 Å². The van der Waals surface area contributed by atoms with Crippen molar-refractivity contribution < 1.29 is 8.95 Å². The number of nitriles is 1. The minimum Gasteiger partial charge on any atom is -0.497 e. The Kier molecular flexibility index (Phi) is 7.30. The first-order valence-corrected chi connectivity index (χ1v) is 12.8. The zero-order chi connectivity index (χ0) is 22.6. The lowest BCUT2D eigenvalue weighted by molar-refractivity contribution is 0.0386. The highest BCUT2D eigenvalue weighted by Crippen LogP contribution is 2.31. The van der Waals surface area contributed by atoms with Crippen molar-refractivity contribution in [3.05, 3.63) is 54.1 Å². The van der Waals surface area contributed by atoms with Crippen LogP contribution in [0.15, 0.2) is 58.3 Å². The maximum absolute atomic E-state index is 13.0. The minimum atomic E-state index is -1.27. The molecular weight excluding hydrogens is 418 g/mol. The van der Waals surface area contributed by atoms with Crippen molar-refractivity contribution in [2.75, 3.05) is 33.3 Å². The number of methoxy groups -OCH3 is 1. The van der Waals surface area contributed by atoms with Gasteiger partial charge in [-0.15, -0.1) is 0 Å². The van der Waals surface area contributed by atoms with Gasteiger partial charge in [0.15, 0.2) is 0 Å². The monoisotopic (exact) mass is 451 g/mol. The molecule has 5 nitrogen and oxygen atoms in total. The third kappa shape index (κ3) is 4.76. The van der Waals surface area contributed by atoms with Crippen LogP contribution >= 0.6 is 0 Å². The summed E-state index contributed by atoms with van der Waals surface area (Å²) in [6, 6.07) is 18.3. The van der Waals surface area contributed by atoms with Crippen LogP contribution in [0.25, 0.3) is 0 Å². The lowest BCUT2D eigenvalue weighted by atomic mass is 9.90. The molecule has 0 aromatic heterocycles. The summed E-state index contributed by atoms with van der Waals surface area (Å²) in [5.41, 5.74) is 0.278. The van der Waals surface area contributed by atoms with E-state index in [2.05, 4.69) is 15.9 Å². The van der Waals surface area contributed by atoms with Gasteiger partial charge in [-0.2, -0.15) is 5.26 Å². The Hall–Kier alpha value is -2.20. The van der Waals surface area contributed by atoms with Crippen molar-refractivity contribution in [1.82, 2.24) is 9.80 Å². The summed E-state index contributed by atoms with van der Waals surface area (Å²) in [7, 11) is 0.352. The molecule has 32 heavy (non-hydrogen) atoms. The zero-order valence-corrected chi connectivity index (χ0v) is 19.9. The quantitative estimate of drug-likeness (QED) is 0.645. The maximum Gasteiger partial charge on any atom is 0.132 e. The summed E-state index contributed by atoms with van der Waals surface area (Å²) in [5, 5.41) is 10.1. The Morgan fingerprint density at radius 3 is 2.03 bits per heavy atom. The topological polar surface area (TPSA) is 56.6 Å².